The Morgan fingerprint density at radius 3 is 2.55 bits per heavy atom. The van der Waals surface area contributed by atoms with E-state index in [4.69, 9.17) is 9.47 Å². The lowest BCUT2D eigenvalue weighted by Gasteiger charge is -2.51. The number of carbonyl (C=O) groups is 1. The summed E-state index contributed by atoms with van der Waals surface area (Å²) < 4.78 is 10.7. The number of hydrogen-bond acceptors (Lipinski definition) is 5. The Hall–Kier alpha value is -2.89. The number of nitrogens with one attached hydrogen (secondary N) is 1. The lowest BCUT2D eigenvalue weighted by molar-refractivity contribution is -0.131. The highest BCUT2D eigenvalue weighted by atomic mass is 16.5. The average molecular weight is 426 g/mol. The number of allylic oxidation sites excluding steroid dienone is 3. The van der Waals surface area contributed by atoms with Crippen molar-refractivity contribution in [1.82, 2.24) is 4.90 Å². The molecule has 3 rings (SSSR count). The Balaban J connectivity index is 1.75. The van der Waals surface area contributed by atoms with Crippen LogP contribution in [0.25, 0.3) is 0 Å². The molecule has 31 heavy (non-hydrogen) atoms. The van der Waals surface area contributed by atoms with Crippen molar-refractivity contribution in [2.45, 2.75) is 45.6 Å². The molecule has 1 saturated heterocycles. The van der Waals surface area contributed by atoms with Crippen molar-refractivity contribution in [3.8, 4) is 5.75 Å². The van der Waals surface area contributed by atoms with Gasteiger partial charge in [-0.05, 0) is 57.9 Å². The van der Waals surface area contributed by atoms with Crippen molar-refractivity contribution in [2.24, 2.45) is 0 Å². The Bertz CT molecular complexity index is 880. The van der Waals surface area contributed by atoms with E-state index in [1.54, 1.807) is 14.2 Å². The van der Waals surface area contributed by atoms with Crippen LogP contribution in [0.2, 0.25) is 0 Å². The Morgan fingerprint density at radius 2 is 1.97 bits per heavy atom. The summed E-state index contributed by atoms with van der Waals surface area (Å²) in [5.41, 5.74) is 3.37. The van der Waals surface area contributed by atoms with Crippen molar-refractivity contribution >= 4 is 17.3 Å². The molecule has 6 heteroatoms. The predicted molar refractivity (Wildman–Crippen MR) is 126 cm³/mol. The first-order valence-corrected chi connectivity index (χ1v) is 11.1. The second-order valence-electron chi connectivity index (χ2n) is 7.89. The van der Waals surface area contributed by atoms with Crippen LogP contribution in [0.4, 0.5) is 11.4 Å². The van der Waals surface area contributed by atoms with E-state index < -0.39 is 0 Å². The smallest absolute Gasteiger partial charge is 0.226 e. The highest BCUT2D eigenvalue weighted by Crippen LogP contribution is 2.46. The number of likely N-dealkylation sites (N-methyl/N-ethyl adjacent to an activating group) is 1. The van der Waals surface area contributed by atoms with Gasteiger partial charge in [-0.3, -0.25) is 4.79 Å². The maximum Gasteiger partial charge on any atom is 0.226 e. The number of carbonyl (C=O) groups excluding carboxylic acids is 1. The van der Waals surface area contributed by atoms with Crippen molar-refractivity contribution in [2.75, 3.05) is 44.1 Å². The fourth-order valence-corrected chi connectivity index (χ4v) is 4.67. The maximum atomic E-state index is 12.7. The normalized spacial score (nSPS) is 19.5. The summed E-state index contributed by atoms with van der Waals surface area (Å²) in [7, 11) is 3.33. The van der Waals surface area contributed by atoms with Gasteiger partial charge in [0, 0.05) is 37.8 Å². The number of methoxy groups -OCH3 is 2. The number of hydrogen-bond donors (Lipinski definition) is 1. The van der Waals surface area contributed by atoms with Gasteiger partial charge in [0.25, 0.3) is 0 Å². The van der Waals surface area contributed by atoms with Crippen molar-refractivity contribution in [3.05, 3.63) is 54.0 Å². The van der Waals surface area contributed by atoms with Gasteiger partial charge in [0.1, 0.15) is 11.5 Å². The molecule has 0 aliphatic carbocycles. The SMILES string of the molecule is C/C=C1\N(CC)c2ccc(OC)cc2NC12CCN(C(=O)C/C=C\C(=C/C)OC)CC2. The molecule has 6 nitrogen and oxygen atoms in total. The van der Waals surface area contributed by atoms with Crippen LogP contribution >= 0.6 is 0 Å². The molecule has 168 valence electrons. The fraction of sp³-hybridized carbons (Fsp3) is 0.480. The van der Waals surface area contributed by atoms with Gasteiger partial charge in [-0.1, -0.05) is 12.2 Å². The molecule has 2 heterocycles. The highest BCUT2D eigenvalue weighted by Gasteiger charge is 2.44. The largest absolute Gasteiger partial charge is 0.497 e. The first-order valence-electron chi connectivity index (χ1n) is 11.1. The third kappa shape index (κ3) is 4.58. The van der Waals surface area contributed by atoms with Crippen molar-refractivity contribution in [1.29, 1.82) is 0 Å². The lowest BCUT2D eigenvalue weighted by Crippen LogP contribution is -2.57. The molecule has 0 atom stereocenters. The Labute approximate surface area is 186 Å². The van der Waals surface area contributed by atoms with Crippen LogP contribution in [0.1, 0.15) is 40.0 Å². The third-order valence-electron chi connectivity index (χ3n) is 6.30. The number of amides is 1. The molecule has 1 N–H and O–H groups in total. The van der Waals surface area contributed by atoms with Crippen LogP contribution in [-0.2, 0) is 9.53 Å². The third-order valence-corrected chi connectivity index (χ3v) is 6.30. The molecule has 0 radical (unpaired) electrons. The topological polar surface area (TPSA) is 54.0 Å². The van der Waals surface area contributed by atoms with Gasteiger partial charge >= 0.3 is 0 Å². The maximum absolute atomic E-state index is 12.7. The van der Waals surface area contributed by atoms with Crippen molar-refractivity contribution in [3.63, 3.8) is 0 Å². The van der Waals surface area contributed by atoms with E-state index in [0.717, 1.165) is 49.7 Å². The van der Waals surface area contributed by atoms with E-state index in [-0.39, 0.29) is 11.4 Å². The van der Waals surface area contributed by atoms with Crippen LogP contribution < -0.4 is 15.0 Å². The van der Waals surface area contributed by atoms with E-state index in [1.165, 1.54) is 11.4 Å². The first-order chi connectivity index (χ1) is 15.0. The molecular formula is C25H35N3O3. The number of likely N-dealkylation sites (tertiary alicyclic amines) is 1. The fourth-order valence-electron chi connectivity index (χ4n) is 4.67. The number of piperidine rings is 1. The highest BCUT2D eigenvalue weighted by molar-refractivity contribution is 5.81. The second kappa shape index (κ2) is 9.94. The molecule has 0 aromatic heterocycles. The minimum absolute atomic E-state index is 0.157. The molecular weight excluding hydrogens is 390 g/mol. The number of anilines is 2. The zero-order chi connectivity index (χ0) is 22.4. The molecule has 2 aliphatic heterocycles. The second-order valence-corrected chi connectivity index (χ2v) is 7.89. The summed E-state index contributed by atoms with van der Waals surface area (Å²) >= 11 is 0. The van der Waals surface area contributed by atoms with Gasteiger partial charge in [0.05, 0.1) is 31.1 Å². The Kier molecular flexibility index (Phi) is 7.31. The van der Waals surface area contributed by atoms with E-state index in [2.05, 4.69) is 42.3 Å². The van der Waals surface area contributed by atoms with E-state index in [0.29, 0.717) is 6.42 Å². The molecule has 0 unspecified atom stereocenters. The molecule has 1 amide bonds. The van der Waals surface area contributed by atoms with E-state index >= 15 is 0 Å². The summed E-state index contributed by atoms with van der Waals surface area (Å²) in [5.74, 6) is 1.77. The van der Waals surface area contributed by atoms with Crippen LogP contribution in [0.5, 0.6) is 5.75 Å². The summed E-state index contributed by atoms with van der Waals surface area (Å²) in [6.45, 7) is 8.55. The van der Waals surface area contributed by atoms with Gasteiger partial charge in [-0.25, -0.2) is 0 Å². The standard InChI is InChI=1S/C25H35N3O3/c1-6-19(30-4)10-9-11-24(29)27-16-14-25(15-17-27)23(7-2)28(8-3)22-13-12-20(31-5)18-21(22)26-25/h6-7,9-10,12-13,18,26H,8,11,14-17H2,1-5H3/b10-9-,19-6+,23-7-. The number of fused-ring (bicyclic) bond motifs is 1. The van der Waals surface area contributed by atoms with Gasteiger partial charge in [0.15, 0.2) is 0 Å². The zero-order valence-corrected chi connectivity index (χ0v) is 19.4. The van der Waals surface area contributed by atoms with E-state index in [1.807, 2.05) is 36.1 Å². The van der Waals surface area contributed by atoms with Crippen molar-refractivity contribution < 1.29 is 14.3 Å². The number of benzene rings is 1. The van der Waals surface area contributed by atoms with Gasteiger partial charge in [-0.15, -0.1) is 0 Å². The van der Waals surface area contributed by atoms with Crippen LogP contribution in [0, 0.1) is 0 Å². The first kappa shape index (κ1) is 22.8. The monoisotopic (exact) mass is 425 g/mol. The average Bonchev–Trinajstić information content (AvgIpc) is 2.80. The predicted octanol–water partition coefficient (Wildman–Crippen LogP) is 4.71. The molecule has 0 bridgehead atoms. The Morgan fingerprint density at radius 1 is 1.23 bits per heavy atom. The molecule has 1 fully saturated rings. The van der Waals surface area contributed by atoms with E-state index in [9.17, 15) is 4.79 Å². The quantitative estimate of drug-likeness (QED) is 0.528. The minimum Gasteiger partial charge on any atom is -0.497 e. The molecule has 1 aromatic rings. The molecule has 1 spiro atoms. The summed E-state index contributed by atoms with van der Waals surface area (Å²) in [4.78, 5) is 17.1. The zero-order valence-electron chi connectivity index (χ0n) is 19.4. The van der Waals surface area contributed by atoms with Crippen LogP contribution in [-0.4, -0.2) is 50.2 Å². The van der Waals surface area contributed by atoms with Gasteiger partial charge in [0.2, 0.25) is 5.91 Å². The minimum atomic E-state index is -0.176. The molecule has 2 aliphatic rings. The van der Waals surface area contributed by atoms with Crippen LogP contribution in [0.3, 0.4) is 0 Å². The molecule has 0 saturated carbocycles. The number of nitrogens with zero attached hydrogens (tertiary/aromatic N) is 2. The van der Waals surface area contributed by atoms with Gasteiger partial charge in [-0.2, -0.15) is 0 Å². The summed E-state index contributed by atoms with van der Waals surface area (Å²) in [5, 5.41) is 3.82. The summed E-state index contributed by atoms with van der Waals surface area (Å²) in [6.07, 6.45) is 9.95. The summed E-state index contributed by atoms with van der Waals surface area (Å²) in [6, 6.07) is 6.19. The van der Waals surface area contributed by atoms with Gasteiger partial charge < -0.3 is 24.6 Å². The number of rotatable bonds is 6. The molecule has 1 aromatic carbocycles. The number of ether oxygens (including phenoxy) is 2. The van der Waals surface area contributed by atoms with Crippen LogP contribution in [0.15, 0.2) is 54.0 Å². The lowest BCUT2D eigenvalue weighted by atomic mass is 9.80.